The Bertz CT molecular complexity index is 111. The lowest BCUT2D eigenvalue weighted by molar-refractivity contribution is 0.670. The zero-order valence-electron chi connectivity index (χ0n) is 6.10. The van der Waals surface area contributed by atoms with Crippen LogP contribution in [-0.4, -0.2) is 5.94 Å². The zero-order chi connectivity index (χ0) is 9.83. The van der Waals surface area contributed by atoms with E-state index in [9.17, 15) is 0 Å². The average Bonchev–Trinajstić information content (AvgIpc) is 1.76. The van der Waals surface area contributed by atoms with Gasteiger partial charge in [-0.25, -0.2) is 0 Å². The van der Waals surface area contributed by atoms with Gasteiger partial charge in [0.15, 0.2) is 3.79 Å². The standard InChI is InChI=1S/C6H8Br3Cl3/c7-5(8,9)3-1-2-4-6(10,11)12/h1-4H2. The molecule has 6 heteroatoms. The fourth-order valence-electron chi connectivity index (χ4n) is 0.651. The van der Waals surface area contributed by atoms with Gasteiger partial charge in [0.05, 0.1) is 0 Å². The van der Waals surface area contributed by atoms with Gasteiger partial charge in [-0.1, -0.05) is 89.0 Å². The van der Waals surface area contributed by atoms with Gasteiger partial charge in [0.25, 0.3) is 0 Å². The van der Waals surface area contributed by atoms with Crippen LogP contribution in [0.25, 0.3) is 0 Å². The maximum atomic E-state index is 5.58. The lowest BCUT2D eigenvalue weighted by Crippen LogP contribution is -2.03. The molecule has 0 fully saturated rings. The van der Waals surface area contributed by atoms with E-state index in [1.165, 1.54) is 0 Å². The fraction of sp³-hybridized carbons (Fsp3) is 1.00. The highest BCUT2D eigenvalue weighted by atomic mass is 80.0. The summed E-state index contributed by atoms with van der Waals surface area (Å²) in [6, 6.07) is 0. The third-order valence-electron chi connectivity index (χ3n) is 1.17. The van der Waals surface area contributed by atoms with E-state index >= 15 is 0 Å². The Balaban J connectivity index is 3.35. The average molecular weight is 426 g/mol. The fourth-order valence-corrected chi connectivity index (χ4v) is 1.89. The number of hydrogen-bond donors (Lipinski definition) is 0. The van der Waals surface area contributed by atoms with Gasteiger partial charge in [-0.05, 0) is 19.3 Å². The third-order valence-corrected chi connectivity index (χ3v) is 2.93. The lowest BCUT2D eigenvalue weighted by atomic mass is 10.2. The molecule has 0 saturated heterocycles. The van der Waals surface area contributed by atoms with E-state index in [1.807, 2.05) is 0 Å². The van der Waals surface area contributed by atoms with Crippen molar-refractivity contribution in [2.24, 2.45) is 0 Å². The van der Waals surface area contributed by atoms with Crippen LogP contribution >= 0.6 is 82.6 Å². The van der Waals surface area contributed by atoms with E-state index in [0.29, 0.717) is 6.42 Å². The summed E-state index contributed by atoms with van der Waals surface area (Å²) in [5.41, 5.74) is 0. The molecular formula is C6H8Br3Cl3. The first kappa shape index (κ1) is 14.3. The minimum Gasteiger partial charge on any atom is -0.0837 e. The molecule has 0 amide bonds. The smallest absolute Gasteiger partial charge is 0.0837 e. The molecule has 0 aliphatic heterocycles. The predicted molar refractivity (Wildman–Crippen MR) is 68.3 cm³/mol. The summed E-state index contributed by atoms with van der Waals surface area (Å²) in [4.78, 5) is 0. The molecule has 0 aliphatic rings. The molecule has 0 saturated carbocycles. The van der Waals surface area contributed by atoms with Gasteiger partial charge < -0.3 is 0 Å². The molecule has 0 aliphatic carbocycles. The van der Waals surface area contributed by atoms with Gasteiger partial charge in [-0.3, -0.25) is 0 Å². The second-order valence-corrected chi connectivity index (χ2v) is 12.2. The van der Waals surface area contributed by atoms with Crippen LogP contribution in [0, 0.1) is 0 Å². The molecule has 0 atom stereocenters. The Morgan fingerprint density at radius 1 is 0.833 bits per heavy atom. The summed E-state index contributed by atoms with van der Waals surface area (Å²) < 4.78 is -1.27. The topological polar surface area (TPSA) is 0 Å². The number of alkyl halides is 6. The number of halogens is 6. The van der Waals surface area contributed by atoms with Gasteiger partial charge in [-0.2, -0.15) is 0 Å². The predicted octanol–water partition coefficient (Wildman–Crippen LogP) is 5.76. The molecule has 0 rings (SSSR count). The first-order valence-corrected chi connectivity index (χ1v) is 6.85. The van der Waals surface area contributed by atoms with Gasteiger partial charge in [-0.15, -0.1) is 0 Å². The molecule has 12 heavy (non-hydrogen) atoms. The van der Waals surface area contributed by atoms with Crippen LogP contribution in [0.4, 0.5) is 0 Å². The second kappa shape index (κ2) is 6.02. The van der Waals surface area contributed by atoms with Crippen molar-refractivity contribution >= 4 is 82.6 Å². The quantitative estimate of drug-likeness (QED) is 0.398. The van der Waals surface area contributed by atoms with Gasteiger partial charge in [0.2, 0.25) is 0 Å². The molecule has 0 bridgehead atoms. The van der Waals surface area contributed by atoms with Crippen molar-refractivity contribution in [3.8, 4) is 0 Å². The molecule has 0 nitrogen and oxygen atoms in total. The van der Waals surface area contributed by atoms with Crippen molar-refractivity contribution in [3.05, 3.63) is 0 Å². The van der Waals surface area contributed by atoms with Crippen LogP contribution in [0.1, 0.15) is 25.7 Å². The Hall–Kier alpha value is 2.31. The molecule has 0 heterocycles. The van der Waals surface area contributed by atoms with Crippen molar-refractivity contribution in [3.63, 3.8) is 0 Å². The van der Waals surface area contributed by atoms with E-state index in [4.69, 9.17) is 34.8 Å². The van der Waals surface area contributed by atoms with Crippen molar-refractivity contribution in [1.82, 2.24) is 0 Å². The first-order valence-electron chi connectivity index (χ1n) is 3.34. The summed E-state index contributed by atoms with van der Waals surface area (Å²) >= 11 is 26.9. The summed E-state index contributed by atoms with van der Waals surface area (Å²) in [5.74, 6) is 0. The Labute approximate surface area is 113 Å². The van der Waals surface area contributed by atoms with Crippen LogP contribution in [0.5, 0.6) is 0 Å². The highest BCUT2D eigenvalue weighted by Crippen LogP contribution is 2.39. The highest BCUT2D eigenvalue weighted by molar-refractivity contribution is 9.39. The molecule has 0 aromatic heterocycles. The van der Waals surface area contributed by atoms with Crippen molar-refractivity contribution < 1.29 is 0 Å². The summed E-state index contributed by atoms with van der Waals surface area (Å²) in [6.07, 6.45) is 3.44. The summed E-state index contributed by atoms with van der Waals surface area (Å²) in [5, 5.41) is 0. The van der Waals surface area contributed by atoms with Gasteiger partial charge in [0, 0.05) is 0 Å². The maximum Gasteiger partial charge on any atom is 0.190 e. The van der Waals surface area contributed by atoms with E-state index in [-0.39, 0.29) is 2.14 Å². The van der Waals surface area contributed by atoms with Gasteiger partial charge >= 0.3 is 0 Å². The van der Waals surface area contributed by atoms with Crippen molar-refractivity contribution in [1.29, 1.82) is 0 Å². The normalized spacial score (nSPS) is 13.5. The molecule has 0 radical (unpaired) electrons. The van der Waals surface area contributed by atoms with E-state index in [0.717, 1.165) is 19.3 Å². The molecule has 0 aromatic rings. The minimum atomic E-state index is -1.10. The Morgan fingerprint density at radius 3 is 1.58 bits per heavy atom. The number of unbranched alkanes of at least 4 members (excludes halogenated alkanes) is 1. The third kappa shape index (κ3) is 12.3. The lowest BCUT2D eigenvalue weighted by Gasteiger charge is -2.13. The molecule has 0 unspecified atom stereocenters. The highest BCUT2D eigenvalue weighted by Gasteiger charge is 2.21. The Morgan fingerprint density at radius 2 is 1.25 bits per heavy atom. The van der Waals surface area contributed by atoms with Crippen LogP contribution in [0.3, 0.4) is 0 Å². The number of hydrogen-bond acceptors (Lipinski definition) is 0. The molecule has 0 aromatic carbocycles. The van der Waals surface area contributed by atoms with E-state index in [2.05, 4.69) is 47.8 Å². The summed E-state index contributed by atoms with van der Waals surface area (Å²) in [6.45, 7) is 0. The largest absolute Gasteiger partial charge is 0.190 e. The number of rotatable bonds is 3. The Kier molecular flexibility index (Phi) is 7.17. The molecular weight excluding hydrogens is 418 g/mol. The van der Waals surface area contributed by atoms with Crippen LogP contribution in [-0.2, 0) is 0 Å². The monoisotopic (exact) mass is 422 g/mol. The molecule has 74 valence electrons. The second-order valence-electron chi connectivity index (χ2n) is 2.44. The van der Waals surface area contributed by atoms with Crippen LogP contribution in [0.15, 0.2) is 0 Å². The van der Waals surface area contributed by atoms with Crippen molar-refractivity contribution in [2.45, 2.75) is 31.6 Å². The van der Waals surface area contributed by atoms with Crippen LogP contribution < -0.4 is 0 Å². The first-order chi connectivity index (χ1) is 5.21. The van der Waals surface area contributed by atoms with E-state index < -0.39 is 3.79 Å². The maximum absolute atomic E-state index is 5.58. The van der Waals surface area contributed by atoms with Gasteiger partial charge in [0.1, 0.15) is 2.14 Å². The zero-order valence-corrected chi connectivity index (χ0v) is 13.1. The molecule has 0 N–H and O–H groups in total. The SMILES string of the molecule is ClC(Cl)(Cl)CCCCC(Br)(Br)Br. The minimum absolute atomic E-state index is 0.166. The summed E-state index contributed by atoms with van der Waals surface area (Å²) in [7, 11) is 0. The van der Waals surface area contributed by atoms with E-state index in [1.54, 1.807) is 0 Å². The molecule has 0 spiro atoms. The van der Waals surface area contributed by atoms with Crippen molar-refractivity contribution in [2.75, 3.05) is 0 Å². The van der Waals surface area contributed by atoms with Crippen LogP contribution in [0.2, 0.25) is 0 Å².